The van der Waals surface area contributed by atoms with Gasteiger partial charge in [-0.15, -0.1) is 11.8 Å². The van der Waals surface area contributed by atoms with E-state index in [1.165, 1.54) is 21.6 Å². The van der Waals surface area contributed by atoms with Crippen molar-refractivity contribution in [3.63, 3.8) is 0 Å². The minimum absolute atomic E-state index is 0.0930. The number of hydrogen-bond donors (Lipinski definition) is 1. The van der Waals surface area contributed by atoms with Crippen LogP contribution in [0.4, 0.5) is 0 Å². The maximum absolute atomic E-state index is 8.66. The van der Waals surface area contributed by atoms with E-state index >= 15 is 0 Å². The molecular weight excluding hydrogens is 264 g/mol. The van der Waals surface area contributed by atoms with Crippen LogP contribution in [0.5, 0.6) is 0 Å². The zero-order chi connectivity index (χ0) is 14.4. The first-order chi connectivity index (χ1) is 9.69. The van der Waals surface area contributed by atoms with Gasteiger partial charge in [-0.25, -0.2) is 0 Å². The molecule has 0 aromatic heterocycles. The van der Waals surface area contributed by atoms with Crippen molar-refractivity contribution in [2.45, 2.75) is 24.5 Å². The second-order valence-electron chi connectivity index (χ2n) is 4.71. The zero-order valence-corrected chi connectivity index (χ0v) is 12.6. The summed E-state index contributed by atoms with van der Waals surface area (Å²) in [5.74, 6) is 6.51. The molecule has 2 aromatic carbocycles. The summed E-state index contributed by atoms with van der Waals surface area (Å²) in [5, 5.41) is 8.66. The lowest BCUT2D eigenvalue weighted by Gasteiger charge is -2.06. The molecule has 0 aliphatic rings. The minimum atomic E-state index is -0.0930. The van der Waals surface area contributed by atoms with Gasteiger partial charge < -0.3 is 5.11 Å². The summed E-state index contributed by atoms with van der Waals surface area (Å²) in [7, 11) is 0. The van der Waals surface area contributed by atoms with E-state index in [-0.39, 0.29) is 6.61 Å². The van der Waals surface area contributed by atoms with Crippen LogP contribution in [0.3, 0.4) is 0 Å². The number of thioether (sulfide) groups is 1. The normalized spacial score (nSPS) is 9.95. The molecule has 1 nitrogen and oxygen atoms in total. The Balaban J connectivity index is 2.00. The van der Waals surface area contributed by atoms with Gasteiger partial charge in [-0.05, 0) is 43.2 Å². The molecular formula is C18H18OS. The van der Waals surface area contributed by atoms with Crippen LogP contribution in [0.1, 0.15) is 22.3 Å². The average molecular weight is 282 g/mol. The molecule has 0 aliphatic heterocycles. The van der Waals surface area contributed by atoms with Crippen LogP contribution in [-0.2, 0) is 5.75 Å². The standard InChI is InChI=1S/C18H18OS/c1-14-5-10-18(15(2)12-14)20-13-17-8-6-16(7-9-17)4-3-11-19/h5-10,12,19H,11,13H2,1-2H3. The molecule has 2 aromatic rings. The molecule has 0 unspecified atom stereocenters. The van der Waals surface area contributed by atoms with Crippen molar-refractivity contribution in [1.82, 2.24) is 0 Å². The lowest BCUT2D eigenvalue weighted by Crippen LogP contribution is -1.85. The van der Waals surface area contributed by atoms with Crippen LogP contribution >= 0.6 is 11.8 Å². The fourth-order valence-corrected chi connectivity index (χ4v) is 2.91. The van der Waals surface area contributed by atoms with Gasteiger partial charge in [0.15, 0.2) is 0 Å². The van der Waals surface area contributed by atoms with E-state index in [0.717, 1.165) is 11.3 Å². The molecule has 1 N–H and O–H groups in total. The number of aliphatic hydroxyl groups excluding tert-OH is 1. The molecule has 2 heteroatoms. The quantitative estimate of drug-likeness (QED) is 0.679. The van der Waals surface area contributed by atoms with Gasteiger partial charge in [-0.3, -0.25) is 0 Å². The smallest absolute Gasteiger partial charge is 0.104 e. The van der Waals surface area contributed by atoms with Gasteiger partial charge in [-0.1, -0.05) is 41.7 Å². The van der Waals surface area contributed by atoms with E-state index in [9.17, 15) is 0 Å². The monoisotopic (exact) mass is 282 g/mol. The molecule has 2 rings (SSSR count). The van der Waals surface area contributed by atoms with E-state index in [1.807, 2.05) is 23.9 Å². The molecule has 0 fully saturated rings. The summed E-state index contributed by atoms with van der Waals surface area (Å²) in [5.41, 5.74) is 4.86. The molecule has 0 saturated carbocycles. The lowest BCUT2D eigenvalue weighted by atomic mass is 10.1. The average Bonchev–Trinajstić information content (AvgIpc) is 2.45. The van der Waals surface area contributed by atoms with Crippen LogP contribution < -0.4 is 0 Å². The van der Waals surface area contributed by atoms with Crippen LogP contribution in [0.15, 0.2) is 47.4 Å². The highest BCUT2D eigenvalue weighted by Crippen LogP contribution is 2.26. The Hall–Kier alpha value is -1.69. The third-order valence-electron chi connectivity index (χ3n) is 2.99. The van der Waals surface area contributed by atoms with Crippen molar-refractivity contribution in [3.8, 4) is 11.8 Å². The van der Waals surface area contributed by atoms with Crippen molar-refractivity contribution in [1.29, 1.82) is 0 Å². The molecule has 20 heavy (non-hydrogen) atoms. The number of rotatable bonds is 3. The SMILES string of the molecule is Cc1ccc(SCc2ccc(C#CCO)cc2)c(C)c1. The Bertz CT molecular complexity index is 633. The Labute approximate surface area is 125 Å². The second-order valence-corrected chi connectivity index (χ2v) is 5.73. The van der Waals surface area contributed by atoms with Gasteiger partial charge in [0.25, 0.3) is 0 Å². The van der Waals surface area contributed by atoms with Crippen molar-refractivity contribution in [2.24, 2.45) is 0 Å². The maximum Gasteiger partial charge on any atom is 0.104 e. The summed E-state index contributed by atoms with van der Waals surface area (Å²) < 4.78 is 0. The van der Waals surface area contributed by atoms with E-state index in [0.29, 0.717) is 0 Å². The van der Waals surface area contributed by atoms with Crippen LogP contribution in [-0.4, -0.2) is 11.7 Å². The van der Waals surface area contributed by atoms with E-state index in [4.69, 9.17) is 5.11 Å². The predicted octanol–water partition coefficient (Wildman–Crippen LogP) is 3.94. The van der Waals surface area contributed by atoms with Gasteiger partial charge >= 0.3 is 0 Å². The highest BCUT2D eigenvalue weighted by Gasteiger charge is 2.00. The molecule has 0 radical (unpaired) electrons. The summed E-state index contributed by atoms with van der Waals surface area (Å²) in [6, 6.07) is 14.8. The topological polar surface area (TPSA) is 20.2 Å². The van der Waals surface area contributed by atoms with Crippen LogP contribution in [0, 0.1) is 25.7 Å². The lowest BCUT2D eigenvalue weighted by molar-refractivity contribution is 0.350. The van der Waals surface area contributed by atoms with Gasteiger partial charge in [0.05, 0.1) is 0 Å². The molecule has 102 valence electrons. The number of benzene rings is 2. The molecule has 0 heterocycles. The van der Waals surface area contributed by atoms with Crippen molar-refractivity contribution < 1.29 is 5.11 Å². The van der Waals surface area contributed by atoms with E-state index in [1.54, 1.807) is 0 Å². The first-order valence-electron chi connectivity index (χ1n) is 6.58. The third kappa shape index (κ3) is 4.16. The first kappa shape index (κ1) is 14.7. The Morgan fingerprint density at radius 3 is 2.45 bits per heavy atom. The van der Waals surface area contributed by atoms with Gasteiger partial charge in [0, 0.05) is 16.2 Å². The van der Waals surface area contributed by atoms with Crippen molar-refractivity contribution in [3.05, 3.63) is 64.7 Å². The largest absolute Gasteiger partial charge is 0.384 e. The van der Waals surface area contributed by atoms with Crippen LogP contribution in [0.2, 0.25) is 0 Å². The van der Waals surface area contributed by atoms with Gasteiger partial charge in [0.1, 0.15) is 6.61 Å². The summed E-state index contributed by atoms with van der Waals surface area (Å²) in [4.78, 5) is 1.33. The van der Waals surface area contributed by atoms with Crippen molar-refractivity contribution >= 4 is 11.8 Å². The third-order valence-corrected chi connectivity index (χ3v) is 4.24. The molecule has 0 spiro atoms. The summed E-state index contributed by atoms with van der Waals surface area (Å²) >= 11 is 1.86. The number of aliphatic hydroxyl groups is 1. The second kappa shape index (κ2) is 7.19. The fraction of sp³-hybridized carbons (Fsp3) is 0.222. The first-order valence-corrected chi connectivity index (χ1v) is 7.56. The fourth-order valence-electron chi connectivity index (χ4n) is 1.95. The van der Waals surface area contributed by atoms with Gasteiger partial charge in [0.2, 0.25) is 0 Å². The van der Waals surface area contributed by atoms with Crippen LogP contribution in [0.25, 0.3) is 0 Å². The summed E-state index contributed by atoms with van der Waals surface area (Å²) in [6.45, 7) is 4.18. The Morgan fingerprint density at radius 1 is 1.05 bits per heavy atom. The zero-order valence-electron chi connectivity index (χ0n) is 11.8. The van der Waals surface area contributed by atoms with Crippen molar-refractivity contribution in [2.75, 3.05) is 6.61 Å². The van der Waals surface area contributed by atoms with E-state index < -0.39 is 0 Å². The minimum Gasteiger partial charge on any atom is -0.384 e. The van der Waals surface area contributed by atoms with Gasteiger partial charge in [-0.2, -0.15) is 0 Å². The number of hydrogen-bond acceptors (Lipinski definition) is 2. The molecule has 0 bridgehead atoms. The summed E-state index contributed by atoms with van der Waals surface area (Å²) in [6.07, 6.45) is 0. The molecule has 0 amide bonds. The highest BCUT2D eigenvalue weighted by atomic mass is 32.2. The number of aryl methyl sites for hydroxylation is 2. The Kier molecular flexibility index (Phi) is 5.29. The highest BCUT2D eigenvalue weighted by molar-refractivity contribution is 7.98. The molecule has 0 aliphatic carbocycles. The predicted molar refractivity (Wildman–Crippen MR) is 85.9 cm³/mol. The maximum atomic E-state index is 8.66. The molecule has 0 atom stereocenters. The molecule has 0 saturated heterocycles. The van der Waals surface area contributed by atoms with E-state index in [2.05, 4.69) is 56.0 Å². The Morgan fingerprint density at radius 2 is 1.80 bits per heavy atom.